The first-order valence-corrected chi connectivity index (χ1v) is 3.91. The number of hydrogen-bond donors (Lipinski definition) is 1. The van der Waals surface area contributed by atoms with Gasteiger partial charge in [0, 0.05) is 12.7 Å². The van der Waals surface area contributed by atoms with Crippen molar-refractivity contribution in [3.05, 3.63) is 11.8 Å². The van der Waals surface area contributed by atoms with Crippen LogP contribution in [0.4, 0.5) is 0 Å². The highest BCUT2D eigenvalue weighted by Gasteiger charge is 1.98. The molecule has 0 fully saturated rings. The molecule has 0 spiro atoms. The molecule has 0 saturated carbocycles. The number of nitrogens with two attached hydrogens (primary N) is 1. The van der Waals surface area contributed by atoms with E-state index in [-0.39, 0.29) is 0 Å². The SMILES string of the molecule is CCN=C(I)C(C=O)=CN. The largest absolute Gasteiger partial charge is 0.404 e. The fraction of sp³-hybridized carbons (Fsp3) is 0.333. The van der Waals surface area contributed by atoms with E-state index in [1.807, 2.05) is 29.5 Å². The average molecular weight is 252 g/mol. The molecule has 0 saturated heterocycles. The third-order valence-electron chi connectivity index (χ3n) is 0.842. The molecule has 0 bridgehead atoms. The Balaban J connectivity index is 4.30. The van der Waals surface area contributed by atoms with Gasteiger partial charge in [-0.2, -0.15) is 0 Å². The summed E-state index contributed by atoms with van der Waals surface area (Å²) in [6, 6.07) is 0. The monoisotopic (exact) mass is 252 g/mol. The van der Waals surface area contributed by atoms with Crippen molar-refractivity contribution in [1.29, 1.82) is 0 Å². The molecule has 0 unspecified atom stereocenters. The molecule has 0 atom stereocenters. The van der Waals surface area contributed by atoms with Crippen LogP contribution in [0.5, 0.6) is 0 Å². The van der Waals surface area contributed by atoms with Crippen LogP contribution in [0.1, 0.15) is 6.92 Å². The van der Waals surface area contributed by atoms with Crippen molar-refractivity contribution in [3.8, 4) is 0 Å². The minimum absolute atomic E-state index is 0.447. The van der Waals surface area contributed by atoms with Gasteiger partial charge in [0.1, 0.15) is 3.72 Å². The van der Waals surface area contributed by atoms with Gasteiger partial charge >= 0.3 is 0 Å². The van der Waals surface area contributed by atoms with E-state index in [0.29, 0.717) is 22.1 Å². The topological polar surface area (TPSA) is 55.5 Å². The second kappa shape index (κ2) is 5.40. The van der Waals surface area contributed by atoms with Gasteiger partial charge in [-0.1, -0.05) is 0 Å². The molecule has 3 nitrogen and oxygen atoms in total. The number of halogens is 1. The molecule has 4 heteroatoms. The second-order valence-electron chi connectivity index (χ2n) is 1.51. The van der Waals surface area contributed by atoms with Gasteiger partial charge in [-0.15, -0.1) is 0 Å². The quantitative estimate of drug-likeness (QED) is 0.351. The van der Waals surface area contributed by atoms with E-state index in [9.17, 15) is 4.79 Å². The Hall–Kier alpha value is -0.390. The van der Waals surface area contributed by atoms with E-state index >= 15 is 0 Å². The van der Waals surface area contributed by atoms with E-state index in [1.54, 1.807) is 0 Å². The number of rotatable bonds is 3. The summed E-state index contributed by atoms with van der Waals surface area (Å²) in [5.41, 5.74) is 5.58. The van der Waals surface area contributed by atoms with Gasteiger partial charge in [0.05, 0.1) is 5.57 Å². The lowest BCUT2D eigenvalue weighted by Gasteiger charge is -1.92. The molecule has 0 aliphatic rings. The fourth-order valence-electron chi connectivity index (χ4n) is 0.387. The number of hydrogen-bond acceptors (Lipinski definition) is 3. The smallest absolute Gasteiger partial charge is 0.154 e. The number of nitrogens with zero attached hydrogens (tertiary/aromatic N) is 1. The van der Waals surface area contributed by atoms with Gasteiger partial charge in [0.15, 0.2) is 6.29 Å². The lowest BCUT2D eigenvalue weighted by atomic mass is 10.3. The van der Waals surface area contributed by atoms with E-state index in [2.05, 4.69) is 4.99 Å². The van der Waals surface area contributed by atoms with Crippen LogP contribution in [0.3, 0.4) is 0 Å². The Kier molecular flexibility index (Phi) is 5.19. The molecule has 0 aromatic heterocycles. The van der Waals surface area contributed by atoms with Crippen LogP contribution in [0.25, 0.3) is 0 Å². The van der Waals surface area contributed by atoms with E-state index in [0.717, 1.165) is 0 Å². The summed E-state index contributed by atoms with van der Waals surface area (Å²) < 4.78 is 0.664. The van der Waals surface area contributed by atoms with Crippen molar-refractivity contribution in [2.75, 3.05) is 6.54 Å². The normalized spacial score (nSPS) is 13.4. The van der Waals surface area contributed by atoms with Crippen molar-refractivity contribution < 1.29 is 4.79 Å². The summed E-state index contributed by atoms with van der Waals surface area (Å²) in [4.78, 5) is 14.2. The highest BCUT2D eigenvalue weighted by atomic mass is 127. The summed E-state index contributed by atoms with van der Waals surface area (Å²) in [7, 11) is 0. The first-order chi connectivity index (χ1) is 4.76. The minimum Gasteiger partial charge on any atom is -0.404 e. The summed E-state index contributed by atoms with van der Waals surface area (Å²) in [6.07, 6.45) is 1.95. The fourth-order valence-corrected chi connectivity index (χ4v) is 1.03. The van der Waals surface area contributed by atoms with E-state index < -0.39 is 0 Å². The molecule has 0 aliphatic heterocycles. The van der Waals surface area contributed by atoms with Gasteiger partial charge in [0.2, 0.25) is 0 Å². The van der Waals surface area contributed by atoms with Crippen LogP contribution in [0, 0.1) is 0 Å². The highest BCUT2D eigenvalue weighted by molar-refractivity contribution is 14.1. The molecule has 10 heavy (non-hydrogen) atoms. The Bertz CT molecular complexity index is 175. The maximum atomic E-state index is 10.2. The molecule has 0 aromatic carbocycles. The maximum Gasteiger partial charge on any atom is 0.154 e. The lowest BCUT2D eigenvalue weighted by Crippen LogP contribution is -1.99. The Morgan fingerprint density at radius 3 is 2.70 bits per heavy atom. The maximum absolute atomic E-state index is 10.2. The standard InChI is InChI=1S/C6H9IN2O/c1-2-9-6(7)5(3-8)4-10/h3-4H,2,8H2,1H3. The van der Waals surface area contributed by atoms with Crippen LogP contribution in [-0.4, -0.2) is 16.5 Å². The number of aldehydes is 1. The van der Waals surface area contributed by atoms with Crippen molar-refractivity contribution >= 4 is 32.6 Å². The zero-order valence-electron chi connectivity index (χ0n) is 5.67. The van der Waals surface area contributed by atoms with Gasteiger partial charge in [0.25, 0.3) is 0 Å². The molecular formula is C6H9IN2O. The third kappa shape index (κ3) is 2.95. The van der Waals surface area contributed by atoms with Crippen molar-refractivity contribution in [2.45, 2.75) is 6.92 Å². The molecule has 0 heterocycles. The van der Waals surface area contributed by atoms with Crippen LogP contribution < -0.4 is 5.73 Å². The van der Waals surface area contributed by atoms with Crippen molar-refractivity contribution in [3.63, 3.8) is 0 Å². The first kappa shape index (κ1) is 9.61. The summed E-state index contributed by atoms with van der Waals surface area (Å²) in [5.74, 6) is 0. The van der Waals surface area contributed by atoms with Crippen LogP contribution >= 0.6 is 22.6 Å². The minimum atomic E-state index is 0.447. The first-order valence-electron chi connectivity index (χ1n) is 2.83. The molecule has 0 rings (SSSR count). The van der Waals surface area contributed by atoms with Crippen molar-refractivity contribution in [1.82, 2.24) is 0 Å². The summed E-state index contributed by atoms with van der Waals surface area (Å²) in [5, 5.41) is 0. The molecule has 2 N–H and O–H groups in total. The molecule has 0 aliphatic carbocycles. The number of allylic oxidation sites excluding steroid dienone is 1. The molecule has 56 valence electrons. The Morgan fingerprint density at radius 1 is 1.80 bits per heavy atom. The Labute approximate surface area is 73.5 Å². The number of carbonyl (C=O) groups excluding carboxylic acids is 1. The van der Waals surface area contributed by atoms with Gasteiger partial charge in [-0.25, -0.2) is 0 Å². The van der Waals surface area contributed by atoms with Crippen LogP contribution in [0.15, 0.2) is 16.8 Å². The highest BCUT2D eigenvalue weighted by Crippen LogP contribution is 2.01. The van der Waals surface area contributed by atoms with Gasteiger partial charge in [-0.3, -0.25) is 9.79 Å². The zero-order chi connectivity index (χ0) is 7.98. The van der Waals surface area contributed by atoms with E-state index in [1.165, 1.54) is 6.20 Å². The van der Waals surface area contributed by atoms with Crippen LogP contribution in [0.2, 0.25) is 0 Å². The average Bonchev–Trinajstić information content (AvgIpc) is 1.91. The molecule has 0 aromatic rings. The Morgan fingerprint density at radius 2 is 2.40 bits per heavy atom. The molecule has 0 amide bonds. The third-order valence-corrected chi connectivity index (χ3v) is 1.81. The predicted molar refractivity (Wildman–Crippen MR) is 50.3 cm³/mol. The number of carbonyl (C=O) groups is 1. The van der Waals surface area contributed by atoms with Crippen molar-refractivity contribution in [2.24, 2.45) is 10.7 Å². The molecule has 0 radical (unpaired) electrons. The van der Waals surface area contributed by atoms with Crippen LogP contribution in [-0.2, 0) is 4.79 Å². The second-order valence-corrected chi connectivity index (χ2v) is 2.53. The number of aliphatic imine (C=N–C) groups is 1. The van der Waals surface area contributed by atoms with Gasteiger partial charge < -0.3 is 5.73 Å². The predicted octanol–water partition coefficient (Wildman–Crippen LogP) is 0.881. The van der Waals surface area contributed by atoms with Gasteiger partial charge in [-0.05, 0) is 29.5 Å². The summed E-state index contributed by atoms with van der Waals surface area (Å²) in [6.45, 7) is 2.57. The zero-order valence-corrected chi connectivity index (χ0v) is 7.83. The molecular weight excluding hydrogens is 243 g/mol. The summed E-state index contributed by atoms with van der Waals surface area (Å²) >= 11 is 1.97. The van der Waals surface area contributed by atoms with E-state index in [4.69, 9.17) is 5.73 Å². The lowest BCUT2D eigenvalue weighted by molar-refractivity contribution is -0.104.